The average molecular weight is 427 g/mol. The van der Waals surface area contributed by atoms with E-state index in [-0.39, 0.29) is 46.5 Å². The van der Waals surface area contributed by atoms with Gasteiger partial charge in [0.1, 0.15) is 18.3 Å². The molecule has 1 saturated heterocycles. The van der Waals surface area contributed by atoms with Gasteiger partial charge in [-0.25, -0.2) is 4.79 Å². The number of hydrogen-bond acceptors (Lipinski definition) is 7. The summed E-state index contributed by atoms with van der Waals surface area (Å²) in [5.74, 6) is -0.468. The molecule has 0 bridgehead atoms. The van der Waals surface area contributed by atoms with Crippen LogP contribution in [0.3, 0.4) is 0 Å². The number of rotatable bonds is 7. The highest BCUT2D eigenvalue weighted by Crippen LogP contribution is 2.45. The number of carbonyl (C=O) groups excluding carboxylic acids is 1. The summed E-state index contributed by atoms with van der Waals surface area (Å²) in [5, 5.41) is 9.49. The lowest BCUT2D eigenvalue weighted by molar-refractivity contribution is -0.143. The molecule has 8 nitrogen and oxygen atoms in total. The van der Waals surface area contributed by atoms with Gasteiger partial charge in [0.05, 0.1) is 23.7 Å². The fourth-order valence-electron chi connectivity index (χ4n) is 3.84. The second-order valence-corrected chi connectivity index (χ2v) is 7.82. The highest BCUT2D eigenvalue weighted by Gasteiger charge is 2.32. The lowest BCUT2D eigenvalue weighted by atomic mass is 9.91. The van der Waals surface area contributed by atoms with Crippen LogP contribution in [0.1, 0.15) is 43.0 Å². The largest absolute Gasteiger partial charge is 0.485 e. The van der Waals surface area contributed by atoms with Crippen LogP contribution in [0, 0.1) is 5.92 Å². The Hall–Kier alpha value is -2.19. The van der Waals surface area contributed by atoms with Crippen LogP contribution in [-0.4, -0.2) is 60.9 Å². The maximum absolute atomic E-state index is 11.5. The summed E-state index contributed by atoms with van der Waals surface area (Å²) < 4.78 is 16.7. The van der Waals surface area contributed by atoms with Gasteiger partial charge in [0.25, 0.3) is 0 Å². The number of benzene rings is 1. The molecule has 0 amide bonds. The minimum atomic E-state index is -1.14. The van der Waals surface area contributed by atoms with E-state index >= 15 is 0 Å². The standard InChI is InChI=1S/C20H27ClN2O6/c1-2-27-16(24)5-8-23-6-3-12(4-7-23)9-13-11-28-18-14(20(25)26)10-15(21)17(22)19(18)29-13/h10,12-13H,2-9,11,22H2,1H3,(H,25,26). The van der Waals surface area contributed by atoms with Crippen LogP contribution in [0.15, 0.2) is 6.07 Å². The third-order valence-electron chi connectivity index (χ3n) is 5.39. The van der Waals surface area contributed by atoms with Gasteiger partial charge in [-0.3, -0.25) is 4.79 Å². The van der Waals surface area contributed by atoms with Crippen LogP contribution in [0.2, 0.25) is 5.02 Å². The number of carboxylic acid groups (broad SMARTS) is 1. The Morgan fingerprint density at radius 2 is 2.07 bits per heavy atom. The molecule has 1 unspecified atom stereocenters. The maximum atomic E-state index is 11.5. The molecule has 0 aromatic heterocycles. The van der Waals surface area contributed by atoms with E-state index in [0.717, 1.165) is 38.9 Å². The summed E-state index contributed by atoms with van der Waals surface area (Å²) in [7, 11) is 0. The van der Waals surface area contributed by atoms with Crippen LogP contribution in [0.5, 0.6) is 11.5 Å². The maximum Gasteiger partial charge on any atom is 0.339 e. The summed E-state index contributed by atoms with van der Waals surface area (Å²) in [6.45, 7) is 5.06. The van der Waals surface area contributed by atoms with E-state index in [1.165, 1.54) is 6.07 Å². The van der Waals surface area contributed by atoms with Crippen molar-refractivity contribution in [2.45, 2.75) is 38.7 Å². The Bertz CT molecular complexity index is 764. The van der Waals surface area contributed by atoms with Crippen molar-refractivity contribution in [1.82, 2.24) is 4.90 Å². The number of nitrogen functional groups attached to an aromatic ring is 1. The number of anilines is 1. The normalized spacial score (nSPS) is 19.7. The molecule has 0 aliphatic carbocycles. The molecule has 1 aromatic rings. The molecule has 3 N–H and O–H groups in total. The molecule has 1 fully saturated rings. The Balaban J connectivity index is 1.53. The first-order valence-corrected chi connectivity index (χ1v) is 10.3. The summed E-state index contributed by atoms with van der Waals surface area (Å²) in [4.78, 5) is 25.2. The van der Waals surface area contributed by atoms with E-state index in [4.69, 9.17) is 31.5 Å². The predicted molar refractivity (Wildman–Crippen MR) is 108 cm³/mol. The van der Waals surface area contributed by atoms with Crippen LogP contribution < -0.4 is 15.2 Å². The monoisotopic (exact) mass is 426 g/mol. The van der Waals surface area contributed by atoms with Crippen LogP contribution in [-0.2, 0) is 9.53 Å². The smallest absolute Gasteiger partial charge is 0.339 e. The van der Waals surface area contributed by atoms with Crippen molar-refractivity contribution in [2.75, 3.05) is 38.6 Å². The molecule has 0 saturated carbocycles. The number of fused-ring (bicyclic) bond motifs is 1. The Morgan fingerprint density at radius 3 is 2.72 bits per heavy atom. The number of carboxylic acids is 1. The van der Waals surface area contributed by atoms with Gasteiger partial charge >= 0.3 is 11.9 Å². The summed E-state index contributed by atoms with van der Waals surface area (Å²) in [5.41, 5.74) is 6.14. The van der Waals surface area contributed by atoms with Gasteiger partial charge in [-0.1, -0.05) is 11.6 Å². The van der Waals surface area contributed by atoms with E-state index < -0.39 is 5.97 Å². The van der Waals surface area contributed by atoms with E-state index in [1.54, 1.807) is 0 Å². The lowest BCUT2D eigenvalue weighted by Crippen LogP contribution is -2.38. The van der Waals surface area contributed by atoms with Crippen molar-refractivity contribution in [3.05, 3.63) is 16.7 Å². The number of hydrogen-bond donors (Lipinski definition) is 2. The molecule has 0 radical (unpaired) electrons. The van der Waals surface area contributed by atoms with Gasteiger partial charge in [-0.15, -0.1) is 0 Å². The van der Waals surface area contributed by atoms with Crippen molar-refractivity contribution >= 4 is 29.2 Å². The SMILES string of the molecule is CCOC(=O)CCN1CCC(CC2COc3c(C(=O)O)cc(Cl)c(N)c3O2)CC1. The number of carbonyl (C=O) groups is 2. The molecule has 3 rings (SSSR count). The number of ether oxygens (including phenoxy) is 3. The zero-order chi connectivity index (χ0) is 21.0. The van der Waals surface area contributed by atoms with Crippen LogP contribution in [0.4, 0.5) is 5.69 Å². The van der Waals surface area contributed by atoms with Crippen molar-refractivity contribution < 1.29 is 28.9 Å². The van der Waals surface area contributed by atoms with E-state index in [2.05, 4.69) is 4.90 Å². The first-order chi connectivity index (χ1) is 13.9. The minimum Gasteiger partial charge on any atom is -0.485 e. The van der Waals surface area contributed by atoms with E-state index in [0.29, 0.717) is 18.9 Å². The van der Waals surface area contributed by atoms with Gasteiger partial charge in [0.15, 0.2) is 11.5 Å². The highest BCUT2D eigenvalue weighted by molar-refractivity contribution is 6.34. The predicted octanol–water partition coefficient (Wildman–Crippen LogP) is 2.82. The van der Waals surface area contributed by atoms with Gasteiger partial charge in [0.2, 0.25) is 0 Å². The molecule has 160 valence electrons. The zero-order valence-corrected chi connectivity index (χ0v) is 17.2. The molecule has 1 aromatic carbocycles. The third-order valence-corrected chi connectivity index (χ3v) is 5.71. The number of nitrogens with zero attached hydrogens (tertiary/aromatic N) is 1. The molecule has 1 atom stereocenters. The summed E-state index contributed by atoms with van der Waals surface area (Å²) in [6, 6.07) is 1.29. The van der Waals surface area contributed by atoms with E-state index in [1.807, 2.05) is 6.92 Å². The van der Waals surface area contributed by atoms with Gasteiger partial charge in [0, 0.05) is 6.54 Å². The molecule has 2 aliphatic rings. The van der Waals surface area contributed by atoms with Crippen molar-refractivity contribution in [1.29, 1.82) is 0 Å². The summed E-state index contributed by atoms with van der Waals surface area (Å²) in [6.07, 6.45) is 3.00. The number of nitrogens with two attached hydrogens (primary N) is 1. The second kappa shape index (κ2) is 9.54. The number of piperidine rings is 1. The fourth-order valence-corrected chi connectivity index (χ4v) is 4.03. The molecule has 0 spiro atoms. The Morgan fingerprint density at radius 1 is 1.34 bits per heavy atom. The van der Waals surface area contributed by atoms with Gasteiger partial charge in [-0.05, 0) is 51.3 Å². The van der Waals surface area contributed by atoms with Crippen LogP contribution >= 0.6 is 11.6 Å². The Labute approximate surface area is 174 Å². The van der Waals surface area contributed by atoms with Crippen LogP contribution in [0.25, 0.3) is 0 Å². The molecule has 2 heterocycles. The highest BCUT2D eigenvalue weighted by atomic mass is 35.5. The summed E-state index contributed by atoms with van der Waals surface area (Å²) >= 11 is 6.06. The quantitative estimate of drug-likeness (QED) is 0.505. The first-order valence-electron chi connectivity index (χ1n) is 9.91. The number of aromatic carboxylic acids is 1. The molecular weight excluding hydrogens is 400 g/mol. The van der Waals surface area contributed by atoms with Crippen molar-refractivity contribution in [3.8, 4) is 11.5 Å². The molecule has 2 aliphatic heterocycles. The van der Waals surface area contributed by atoms with Crippen molar-refractivity contribution in [2.24, 2.45) is 5.92 Å². The van der Waals surface area contributed by atoms with Gasteiger partial charge < -0.3 is 30.0 Å². The first kappa shape index (κ1) is 21.5. The molecule has 29 heavy (non-hydrogen) atoms. The number of likely N-dealkylation sites (tertiary alicyclic amines) is 1. The lowest BCUT2D eigenvalue weighted by Gasteiger charge is -2.35. The average Bonchev–Trinajstić information content (AvgIpc) is 2.70. The fraction of sp³-hybridized carbons (Fsp3) is 0.600. The minimum absolute atomic E-state index is 0.0486. The topological polar surface area (TPSA) is 111 Å². The number of esters is 1. The Kier molecular flexibility index (Phi) is 7.08. The molecular formula is C20H27ClN2O6. The van der Waals surface area contributed by atoms with E-state index in [9.17, 15) is 14.7 Å². The molecule has 9 heteroatoms. The number of halogens is 1. The van der Waals surface area contributed by atoms with Crippen molar-refractivity contribution in [3.63, 3.8) is 0 Å². The third kappa shape index (κ3) is 5.25. The zero-order valence-electron chi connectivity index (χ0n) is 16.5. The van der Waals surface area contributed by atoms with Gasteiger partial charge in [-0.2, -0.15) is 0 Å². The second-order valence-electron chi connectivity index (χ2n) is 7.41.